The van der Waals surface area contributed by atoms with Gasteiger partial charge in [0, 0.05) is 26.2 Å². The summed E-state index contributed by atoms with van der Waals surface area (Å²) in [5, 5.41) is 17.1. The standard InChI is InChI=1S/C21H31FN4O2/c1-7-23-20(24-12-16-8-9-19(26(5)6)18(22)11-16)25-13-21(4,27)17-10-14(2)28-15(17)3/h8-11,27H,7,12-13H2,1-6H3,(H2,23,24,25). The number of nitrogens with zero attached hydrogens (tertiary/aromatic N) is 2. The number of halogens is 1. The van der Waals surface area contributed by atoms with Crippen molar-refractivity contribution in [1.82, 2.24) is 10.6 Å². The van der Waals surface area contributed by atoms with Gasteiger partial charge in [-0.05, 0) is 51.5 Å². The van der Waals surface area contributed by atoms with E-state index in [4.69, 9.17) is 4.42 Å². The van der Waals surface area contributed by atoms with Crippen LogP contribution >= 0.6 is 0 Å². The lowest BCUT2D eigenvalue weighted by Crippen LogP contribution is -2.44. The second-order valence-electron chi connectivity index (χ2n) is 7.33. The highest BCUT2D eigenvalue weighted by atomic mass is 19.1. The van der Waals surface area contributed by atoms with Crippen molar-refractivity contribution in [2.45, 2.75) is 39.8 Å². The van der Waals surface area contributed by atoms with Crippen molar-refractivity contribution in [1.29, 1.82) is 0 Å². The highest BCUT2D eigenvalue weighted by Gasteiger charge is 2.27. The first-order valence-electron chi connectivity index (χ1n) is 9.42. The monoisotopic (exact) mass is 390 g/mol. The van der Waals surface area contributed by atoms with Crippen LogP contribution in [0.2, 0.25) is 0 Å². The minimum atomic E-state index is -1.11. The van der Waals surface area contributed by atoms with E-state index in [1.54, 1.807) is 32.0 Å². The van der Waals surface area contributed by atoms with Crippen LogP contribution in [0, 0.1) is 19.7 Å². The van der Waals surface area contributed by atoms with Gasteiger partial charge in [0.15, 0.2) is 5.96 Å². The molecule has 1 aromatic carbocycles. The summed E-state index contributed by atoms with van der Waals surface area (Å²) in [4.78, 5) is 6.24. The van der Waals surface area contributed by atoms with Crippen molar-refractivity contribution >= 4 is 11.6 Å². The van der Waals surface area contributed by atoms with Crippen LogP contribution in [-0.4, -0.2) is 38.3 Å². The molecule has 154 valence electrons. The Hall–Kier alpha value is -2.54. The second-order valence-corrected chi connectivity index (χ2v) is 7.33. The average molecular weight is 391 g/mol. The van der Waals surface area contributed by atoms with Gasteiger partial charge in [-0.1, -0.05) is 6.07 Å². The third kappa shape index (κ3) is 5.48. The number of guanidine groups is 1. The van der Waals surface area contributed by atoms with Gasteiger partial charge >= 0.3 is 0 Å². The van der Waals surface area contributed by atoms with Crippen LogP contribution in [-0.2, 0) is 12.1 Å². The molecule has 7 heteroatoms. The average Bonchev–Trinajstić information content (AvgIpc) is 2.96. The molecule has 1 atom stereocenters. The van der Waals surface area contributed by atoms with E-state index in [0.717, 1.165) is 16.9 Å². The molecule has 1 heterocycles. The fourth-order valence-corrected chi connectivity index (χ4v) is 3.04. The van der Waals surface area contributed by atoms with E-state index in [9.17, 15) is 9.50 Å². The molecule has 0 saturated heterocycles. The molecule has 6 nitrogen and oxygen atoms in total. The fourth-order valence-electron chi connectivity index (χ4n) is 3.04. The second kappa shape index (κ2) is 9.10. The molecular formula is C21H31FN4O2. The first-order valence-corrected chi connectivity index (χ1v) is 9.42. The van der Waals surface area contributed by atoms with Gasteiger partial charge < -0.3 is 25.1 Å². The summed E-state index contributed by atoms with van der Waals surface area (Å²) in [5.74, 6) is 1.74. The lowest BCUT2D eigenvalue weighted by atomic mass is 9.96. The molecule has 0 aliphatic heterocycles. The zero-order chi connectivity index (χ0) is 20.9. The number of hydrogen-bond donors (Lipinski definition) is 3. The number of furan rings is 1. The Kier molecular flexibility index (Phi) is 7.07. The Labute approximate surface area is 166 Å². The van der Waals surface area contributed by atoms with Crippen molar-refractivity contribution in [2.75, 3.05) is 32.1 Å². The maximum Gasteiger partial charge on any atom is 0.191 e. The van der Waals surface area contributed by atoms with E-state index in [1.165, 1.54) is 6.07 Å². The van der Waals surface area contributed by atoms with Crippen LogP contribution in [0.15, 0.2) is 33.7 Å². The van der Waals surface area contributed by atoms with E-state index in [2.05, 4.69) is 15.6 Å². The van der Waals surface area contributed by atoms with Gasteiger partial charge in [0.05, 0.1) is 18.8 Å². The summed E-state index contributed by atoms with van der Waals surface area (Å²) in [6, 6.07) is 6.95. The molecule has 0 bridgehead atoms. The van der Waals surface area contributed by atoms with E-state index in [-0.39, 0.29) is 12.4 Å². The number of rotatable bonds is 7. The summed E-state index contributed by atoms with van der Waals surface area (Å²) >= 11 is 0. The maximum atomic E-state index is 14.1. The molecule has 2 aromatic rings. The third-order valence-corrected chi connectivity index (χ3v) is 4.48. The van der Waals surface area contributed by atoms with Crippen LogP contribution in [0.4, 0.5) is 10.1 Å². The van der Waals surface area contributed by atoms with E-state index >= 15 is 0 Å². The molecule has 28 heavy (non-hydrogen) atoms. The summed E-state index contributed by atoms with van der Waals surface area (Å²) in [5.41, 5.74) is 0.944. The van der Waals surface area contributed by atoms with Crippen LogP contribution in [0.25, 0.3) is 0 Å². The number of hydrogen-bond acceptors (Lipinski definition) is 4. The molecule has 1 aromatic heterocycles. The molecule has 0 aliphatic carbocycles. The number of aliphatic imine (C=N–C) groups is 1. The Balaban J connectivity index is 2.08. The first-order chi connectivity index (χ1) is 13.1. The minimum absolute atomic E-state index is 0.257. The van der Waals surface area contributed by atoms with Gasteiger partial charge in [-0.2, -0.15) is 0 Å². The van der Waals surface area contributed by atoms with E-state index in [0.29, 0.717) is 30.5 Å². The summed E-state index contributed by atoms with van der Waals surface area (Å²) in [6.45, 7) is 8.64. The Morgan fingerprint density at radius 3 is 2.50 bits per heavy atom. The van der Waals surface area contributed by atoms with Gasteiger partial charge in [0.1, 0.15) is 22.9 Å². The molecule has 0 spiro atoms. The number of aryl methyl sites for hydroxylation is 2. The number of nitrogens with one attached hydrogen (secondary N) is 2. The van der Waals surface area contributed by atoms with Crippen molar-refractivity contribution in [2.24, 2.45) is 4.99 Å². The predicted octanol–water partition coefficient (Wildman–Crippen LogP) is 3.06. The first kappa shape index (κ1) is 21.8. The molecule has 0 amide bonds. The summed E-state index contributed by atoms with van der Waals surface area (Å²) in [6.07, 6.45) is 0. The minimum Gasteiger partial charge on any atom is -0.466 e. The molecule has 0 aliphatic rings. The van der Waals surface area contributed by atoms with Gasteiger partial charge in [-0.15, -0.1) is 0 Å². The zero-order valence-electron chi connectivity index (χ0n) is 17.6. The smallest absolute Gasteiger partial charge is 0.191 e. The molecule has 0 radical (unpaired) electrons. The Morgan fingerprint density at radius 1 is 1.25 bits per heavy atom. The molecular weight excluding hydrogens is 359 g/mol. The molecule has 2 rings (SSSR count). The maximum absolute atomic E-state index is 14.1. The topological polar surface area (TPSA) is 73.0 Å². The Morgan fingerprint density at radius 2 is 1.96 bits per heavy atom. The van der Waals surface area contributed by atoms with Gasteiger partial charge in [-0.25, -0.2) is 9.38 Å². The highest BCUT2D eigenvalue weighted by Crippen LogP contribution is 2.26. The van der Waals surface area contributed by atoms with Crippen LogP contribution in [0.5, 0.6) is 0 Å². The molecule has 0 fully saturated rings. The lowest BCUT2D eigenvalue weighted by Gasteiger charge is -2.24. The third-order valence-electron chi connectivity index (χ3n) is 4.48. The largest absolute Gasteiger partial charge is 0.466 e. The van der Waals surface area contributed by atoms with Crippen LogP contribution in [0.1, 0.15) is 36.5 Å². The lowest BCUT2D eigenvalue weighted by molar-refractivity contribution is 0.0601. The highest BCUT2D eigenvalue weighted by molar-refractivity contribution is 5.79. The molecule has 3 N–H and O–H groups in total. The van der Waals surface area contributed by atoms with Crippen LogP contribution < -0.4 is 15.5 Å². The number of aliphatic hydroxyl groups is 1. The quantitative estimate of drug-likeness (QED) is 0.501. The van der Waals surface area contributed by atoms with E-state index in [1.807, 2.05) is 32.9 Å². The molecule has 0 saturated carbocycles. The summed E-state index contributed by atoms with van der Waals surface area (Å²) < 4.78 is 19.7. The van der Waals surface area contributed by atoms with Crippen molar-refractivity contribution in [3.05, 3.63) is 52.7 Å². The summed E-state index contributed by atoms with van der Waals surface area (Å²) in [7, 11) is 3.61. The number of benzene rings is 1. The van der Waals surface area contributed by atoms with E-state index < -0.39 is 5.60 Å². The SMILES string of the molecule is CCNC(=NCc1ccc(N(C)C)c(F)c1)NCC(C)(O)c1cc(C)oc1C. The zero-order valence-corrected chi connectivity index (χ0v) is 17.6. The molecule has 1 unspecified atom stereocenters. The predicted molar refractivity (Wildman–Crippen MR) is 111 cm³/mol. The van der Waals surface area contributed by atoms with Gasteiger partial charge in [0.2, 0.25) is 0 Å². The Bertz CT molecular complexity index is 828. The van der Waals surface area contributed by atoms with Crippen molar-refractivity contribution < 1.29 is 13.9 Å². The fraction of sp³-hybridized carbons (Fsp3) is 0.476. The van der Waals surface area contributed by atoms with Crippen molar-refractivity contribution in [3.8, 4) is 0 Å². The van der Waals surface area contributed by atoms with Crippen LogP contribution in [0.3, 0.4) is 0 Å². The van der Waals surface area contributed by atoms with Gasteiger partial charge in [0.25, 0.3) is 0 Å². The van der Waals surface area contributed by atoms with Gasteiger partial charge in [-0.3, -0.25) is 0 Å². The van der Waals surface area contributed by atoms with Crippen molar-refractivity contribution in [3.63, 3.8) is 0 Å². The normalized spacial score (nSPS) is 13.9. The number of anilines is 1.